The van der Waals surface area contributed by atoms with Crippen LogP contribution in [0.3, 0.4) is 0 Å². The fourth-order valence-corrected chi connectivity index (χ4v) is 6.21. The minimum atomic E-state index is -1.01. The van der Waals surface area contributed by atoms with Gasteiger partial charge in [-0.3, -0.25) is 4.79 Å². The molecule has 1 aliphatic heterocycles. The maximum atomic E-state index is 13.5. The van der Waals surface area contributed by atoms with Crippen LogP contribution in [-0.4, -0.2) is 43.3 Å². The third-order valence-corrected chi connectivity index (χ3v) is 8.76. The number of hydrogen-bond acceptors (Lipinski definition) is 7. The summed E-state index contributed by atoms with van der Waals surface area (Å²) in [6.07, 6.45) is 0.106. The average molecular weight is 637 g/mol. The highest BCUT2D eigenvalue weighted by atomic mass is 16.7. The van der Waals surface area contributed by atoms with Gasteiger partial charge in [-0.2, -0.15) is 0 Å². The molecule has 47 heavy (non-hydrogen) atoms. The van der Waals surface area contributed by atoms with E-state index in [9.17, 15) is 4.79 Å². The second kappa shape index (κ2) is 17.3. The number of hydrogen-bond donors (Lipinski definition) is 0. The third kappa shape index (κ3) is 9.60. The molecular formula is C40H44O7. The number of esters is 1. The lowest BCUT2D eigenvalue weighted by Crippen LogP contribution is -2.62. The van der Waals surface area contributed by atoms with Gasteiger partial charge < -0.3 is 28.4 Å². The quantitative estimate of drug-likeness (QED) is 0.126. The fraction of sp³-hybridized carbons (Fsp3) is 0.375. The van der Waals surface area contributed by atoms with Crippen molar-refractivity contribution < 1.29 is 33.2 Å². The van der Waals surface area contributed by atoms with Gasteiger partial charge in [0, 0.05) is 0 Å². The number of rotatable bonds is 15. The second-order valence-corrected chi connectivity index (χ2v) is 12.2. The van der Waals surface area contributed by atoms with E-state index in [4.69, 9.17) is 28.4 Å². The van der Waals surface area contributed by atoms with Crippen molar-refractivity contribution in [2.45, 2.75) is 82.8 Å². The molecule has 0 amide bonds. The van der Waals surface area contributed by atoms with Gasteiger partial charge in [-0.25, -0.2) is 0 Å². The Labute approximate surface area is 277 Å². The highest BCUT2D eigenvalue weighted by Crippen LogP contribution is 2.33. The fourth-order valence-electron chi connectivity index (χ4n) is 6.21. The van der Waals surface area contributed by atoms with Crippen LogP contribution in [0, 0.1) is 5.92 Å². The van der Waals surface area contributed by atoms with Crippen LogP contribution in [0.5, 0.6) is 0 Å². The summed E-state index contributed by atoms with van der Waals surface area (Å²) in [4.78, 5) is 13.5. The molecule has 7 nitrogen and oxygen atoms in total. The first-order valence-corrected chi connectivity index (χ1v) is 16.7. The second-order valence-electron chi connectivity index (χ2n) is 12.2. The molecule has 2 fully saturated rings. The molecule has 2 aliphatic rings. The Kier molecular flexibility index (Phi) is 12.2. The van der Waals surface area contributed by atoms with Crippen molar-refractivity contribution in [1.29, 1.82) is 0 Å². The first-order valence-electron chi connectivity index (χ1n) is 16.7. The topological polar surface area (TPSA) is 72.5 Å². The highest BCUT2D eigenvalue weighted by molar-refractivity contribution is 5.72. The van der Waals surface area contributed by atoms with Crippen LogP contribution in [-0.2, 0) is 59.6 Å². The normalized spacial score (nSPS) is 23.0. The minimum Gasteiger partial charge on any atom is -0.432 e. The first kappa shape index (κ1) is 33.1. The van der Waals surface area contributed by atoms with E-state index in [1.807, 2.05) is 121 Å². The molecular weight excluding hydrogens is 592 g/mol. The lowest BCUT2D eigenvalue weighted by molar-refractivity contribution is -0.321. The van der Waals surface area contributed by atoms with Gasteiger partial charge in [0.25, 0.3) is 0 Å². The SMILES string of the molecule is O=C(O[C@H]1OC(COCc2ccccc2)[C@@H](OCc2ccccc2)C(OCc2ccccc2)[C@@H]1OCc1ccccc1)C1CCCC1. The molecule has 0 spiro atoms. The lowest BCUT2D eigenvalue weighted by Gasteiger charge is -2.45. The van der Waals surface area contributed by atoms with Crippen molar-refractivity contribution in [3.63, 3.8) is 0 Å². The van der Waals surface area contributed by atoms with Gasteiger partial charge in [0.2, 0.25) is 6.29 Å². The molecule has 6 rings (SSSR count). The summed E-state index contributed by atoms with van der Waals surface area (Å²) in [7, 11) is 0. The zero-order valence-corrected chi connectivity index (χ0v) is 26.7. The van der Waals surface area contributed by atoms with Crippen molar-refractivity contribution in [2.24, 2.45) is 5.92 Å². The van der Waals surface area contributed by atoms with Gasteiger partial charge in [-0.1, -0.05) is 134 Å². The molecule has 0 N–H and O–H groups in total. The molecule has 7 heteroatoms. The summed E-state index contributed by atoms with van der Waals surface area (Å²) in [5.41, 5.74) is 4.08. The van der Waals surface area contributed by atoms with Crippen LogP contribution in [0.4, 0.5) is 0 Å². The highest BCUT2D eigenvalue weighted by Gasteiger charge is 2.50. The van der Waals surface area contributed by atoms with E-state index in [1.165, 1.54) is 0 Å². The molecule has 1 saturated heterocycles. The van der Waals surface area contributed by atoms with Crippen LogP contribution in [0.15, 0.2) is 121 Å². The summed E-state index contributed by atoms with van der Waals surface area (Å²) in [6.45, 7) is 1.57. The van der Waals surface area contributed by atoms with E-state index in [0.29, 0.717) is 19.8 Å². The molecule has 2 unspecified atom stereocenters. The van der Waals surface area contributed by atoms with Gasteiger partial charge in [-0.05, 0) is 35.1 Å². The van der Waals surface area contributed by atoms with Crippen molar-refractivity contribution >= 4 is 5.97 Å². The number of carbonyl (C=O) groups is 1. The van der Waals surface area contributed by atoms with Crippen molar-refractivity contribution in [3.8, 4) is 0 Å². The molecule has 4 aromatic rings. The van der Waals surface area contributed by atoms with Crippen LogP contribution in [0.2, 0.25) is 0 Å². The largest absolute Gasteiger partial charge is 0.432 e. The van der Waals surface area contributed by atoms with E-state index < -0.39 is 30.7 Å². The van der Waals surface area contributed by atoms with Crippen LogP contribution < -0.4 is 0 Å². The maximum absolute atomic E-state index is 13.5. The predicted octanol–water partition coefficient (Wildman–Crippen LogP) is 7.42. The van der Waals surface area contributed by atoms with Gasteiger partial charge in [0.1, 0.15) is 24.4 Å². The van der Waals surface area contributed by atoms with Crippen LogP contribution in [0.1, 0.15) is 47.9 Å². The Morgan fingerprint density at radius 1 is 0.553 bits per heavy atom. The van der Waals surface area contributed by atoms with Gasteiger partial charge in [-0.15, -0.1) is 0 Å². The summed E-state index contributed by atoms with van der Waals surface area (Å²) >= 11 is 0. The Hall–Kier alpha value is -3.85. The van der Waals surface area contributed by atoms with Gasteiger partial charge in [0.15, 0.2) is 0 Å². The lowest BCUT2D eigenvalue weighted by atomic mass is 9.97. The molecule has 1 saturated carbocycles. The molecule has 246 valence electrons. The molecule has 1 heterocycles. The smallest absolute Gasteiger partial charge is 0.311 e. The van der Waals surface area contributed by atoms with E-state index in [0.717, 1.165) is 47.9 Å². The molecule has 0 radical (unpaired) electrons. The summed E-state index contributed by atoms with van der Waals surface area (Å²) in [5.74, 6) is -0.396. The Morgan fingerprint density at radius 2 is 0.979 bits per heavy atom. The van der Waals surface area contributed by atoms with Gasteiger partial charge in [0.05, 0.1) is 39.0 Å². The first-order chi connectivity index (χ1) is 23.2. The monoisotopic (exact) mass is 636 g/mol. The minimum absolute atomic E-state index is 0.142. The zero-order valence-electron chi connectivity index (χ0n) is 26.7. The number of carbonyl (C=O) groups excluding carboxylic acids is 1. The van der Waals surface area contributed by atoms with Crippen molar-refractivity contribution in [3.05, 3.63) is 144 Å². The number of ether oxygens (including phenoxy) is 6. The Morgan fingerprint density at radius 3 is 1.47 bits per heavy atom. The maximum Gasteiger partial charge on any atom is 0.311 e. The van der Waals surface area contributed by atoms with Crippen LogP contribution >= 0.6 is 0 Å². The summed E-state index contributed by atoms with van der Waals surface area (Å²) < 4.78 is 39.1. The standard InChI is InChI=1S/C40H44O7/c41-39(34-23-13-14-24-34)47-40-38(45-28-33-21-11-4-12-22-33)37(44-27-32-19-9-3-10-20-32)36(43-26-31-17-7-2-8-18-31)35(46-40)29-42-25-30-15-5-1-6-16-30/h1-12,15-22,34-38,40H,13-14,23-29H2/t35?,36-,37?,38+,40-/m1/s1. The molecule has 5 atom stereocenters. The van der Waals surface area contributed by atoms with Gasteiger partial charge >= 0.3 is 5.97 Å². The molecule has 0 aromatic heterocycles. The number of benzene rings is 4. The van der Waals surface area contributed by atoms with E-state index in [1.54, 1.807) is 0 Å². The predicted molar refractivity (Wildman–Crippen MR) is 178 cm³/mol. The van der Waals surface area contributed by atoms with E-state index in [-0.39, 0.29) is 25.1 Å². The molecule has 0 bridgehead atoms. The summed E-state index contributed by atoms with van der Waals surface area (Å²) in [5, 5.41) is 0. The Balaban J connectivity index is 1.30. The van der Waals surface area contributed by atoms with E-state index in [2.05, 4.69) is 0 Å². The van der Waals surface area contributed by atoms with Crippen molar-refractivity contribution in [1.82, 2.24) is 0 Å². The Bertz CT molecular complexity index is 1460. The molecule has 4 aromatic carbocycles. The summed E-state index contributed by atoms with van der Waals surface area (Å²) in [6, 6.07) is 40.0. The average Bonchev–Trinajstić information content (AvgIpc) is 3.67. The van der Waals surface area contributed by atoms with E-state index >= 15 is 0 Å². The third-order valence-electron chi connectivity index (χ3n) is 8.76. The molecule has 1 aliphatic carbocycles. The van der Waals surface area contributed by atoms with Crippen LogP contribution in [0.25, 0.3) is 0 Å². The zero-order chi connectivity index (χ0) is 32.1. The van der Waals surface area contributed by atoms with Crippen molar-refractivity contribution in [2.75, 3.05) is 6.61 Å².